The molecule has 1 saturated heterocycles. The van der Waals surface area contributed by atoms with Gasteiger partial charge in [0.25, 0.3) is 0 Å². The number of nitrogens with one attached hydrogen (secondary N) is 2. The first-order chi connectivity index (χ1) is 8.58. The third-order valence-electron chi connectivity index (χ3n) is 3.58. The summed E-state index contributed by atoms with van der Waals surface area (Å²) in [5.41, 5.74) is 0.920. The second-order valence-electron chi connectivity index (χ2n) is 5.02. The molecule has 1 fully saturated rings. The number of hydrogen-bond acceptors (Lipinski definition) is 2. The molecule has 1 aliphatic heterocycles. The second kappa shape index (κ2) is 5.48. The quantitative estimate of drug-likeness (QED) is 0.859. The summed E-state index contributed by atoms with van der Waals surface area (Å²) in [4.78, 5) is 12.1. The van der Waals surface area contributed by atoms with Crippen LogP contribution in [-0.4, -0.2) is 19.0 Å². The zero-order valence-electron chi connectivity index (χ0n) is 10.7. The molecule has 0 saturated carbocycles. The minimum Gasteiger partial charge on any atom is -0.349 e. The maximum atomic E-state index is 12.8. The number of rotatable bonds is 3. The molecule has 3 atom stereocenters. The van der Waals surface area contributed by atoms with Crippen LogP contribution in [0.15, 0.2) is 24.3 Å². The zero-order chi connectivity index (χ0) is 13.1. The van der Waals surface area contributed by atoms with Crippen LogP contribution in [0.4, 0.5) is 4.39 Å². The lowest BCUT2D eigenvalue weighted by Gasteiger charge is -2.19. The van der Waals surface area contributed by atoms with E-state index < -0.39 is 0 Å². The van der Waals surface area contributed by atoms with E-state index in [4.69, 9.17) is 0 Å². The number of halogens is 1. The Hall–Kier alpha value is -1.42. The van der Waals surface area contributed by atoms with Gasteiger partial charge < -0.3 is 10.6 Å². The van der Waals surface area contributed by atoms with Gasteiger partial charge in [-0.2, -0.15) is 0 Å². The maximum absolute atomic E-state index is 12.8. The second-order valence-corrected chi connectivity index (χ2v) is 5.02. The van der Waals surface area contributed by atoms with Gasteiger partial charge in [0.15, 0.2) is 0 Å². The van der Waals surface area contributed by atoms with Gasteiger partial charge in [-0.3, -0.25) is 4.79 Å². The third-order valence-corrected chi connectivity index (χ3v) is 3.58. The van der Waals surface area contributed by atoms with Crippen molar-refractivity contribution >= 4 is 5.91 Å². The van der Waals surface area contributed by atoms with E-state index in [1.807, 2.05) is 6.92 Å². The minimum atomic E-state index is -0.258. The van der Waals surface area contributed by atoms with E-state index in [-0.39, 0.29) is 23.7 Å². The van der Waals surface area contributed by atoms with Gasteiger partial charge in [-0.05, 0) is 37.1 Å². The smallest absolute Gasteiger partial charge is 0.225 e. The van der Waals surface area contributed by atoms with Gasteiger partial charge in [0.05, 0.1) is 12.0 Å². The molecule has 1 heterocycles. The maximum Gasteiger partial charge on any atom is 0.225 e. The van der Waals surface area contributed by atoms with Crippen LogP contribution < -0.4 is 10.6 Å². The summed E-state index contributed by atoms with van der Waals surface area (Å²) in [6, 6.07) is 6.15. The summed E-state index contributed by atoms with van der Waals surface area (Å²) in [6.45, 7) is 5.62. The van der Waals surface area contributed by atoms with Crippen LogP contribution in [0.5, 0.6) is 0 Å². The van der Waals surface area contributed by atoms with E-state index in [0.717, 1.165) is 18.7 Å². The molecule has 98 valence electrons. The van der Waals surface area contributed by atoms with Gasteiger partial charge in [-0.1, -0.05) is 19.1 Å². The summed E-state index contributed by atoms with van der Waals surface area (Å²) in [7, 11) is 0. The van der Waals surface area contributed by atoms with E-state index in [0.29, 0.717) is 5.92 Å². The Bertz CT molecular complexity index is 418. The normalized spacial score (nSPS) is 24.8. The van der Waals surface area contributed by atoms with Crippen molar-refractivity contribution in [3.05, 3.63) is 35.6 Å². The molecule has 1 aromatic carbocycles. The van der Waals surface area contributed by atoms with E-state index >= 15 is 0 Å². The molecule has 0 aromatic heterocycles. The fraction of sp³-hybridized carbons (Fsp3) is 0.500. The van der Waals surface area contributed by atoms with Crippen LogP contribution in [0.3, 0.4) is 0 Å². The number of benzene rings is 1. The molecular weight excluding hydrogens is 231 g/mol. The lowest BCUT2D eigenvalue weighted by molar-refractivity contribution is -0.126. The third kappa shape index (κ3) is 2.88. The van der Waals surface area contributed by atoms with Crippen molar-refractivity contribution in [2.24, 2.45) is 11.8 Å². The molecular formula is C14H19FN2O. The van der Waals surface area contributed by atoms with Gasteiger partial charge in [0.1, 0.15) is 5.82 Å². The molecule has 3 nitrogen and oxygen atoms in total. The number of carbonyl (C=O) groups excluding carboxylic acids is 1. The van der Waals surface area contributed by atoms with E-state index in [1.165, 1.54) is 12.1 Å². The van der Waals surface area contributed by atoms with E-state index in [2.05, 4.69) is 17.6 Å². The lowest BCUT2D eigenvalue weighted by atomic mass is 9.96. The highest BCUT2D eigenvalue weighted by molar-refractivity contribution is 5.80. The summed E-state index contributed by atoms with van der Waals surface area (Å²) in [5, 5.41) is 6.20. The van der Waals surface area contributed by atoms with Crippen molar-refractivity contribution in [2.45, 2.75) is 19.9 Å². The molecule has 0 bridgehead atoms. The Morgan fingerprint density at radius 2 is 2.06 bits per heavy atom. The first-order valence-electron chi connectivity index (χ1n) is 6.34. The average Bonchev–Trinajstić information content (AvgIpc) is 2.76. The summed E-state index contributed by atoms with van der Waals surface area (Å²) < 4.78 is 12.8. The molecule has 1 aromatic rings. The van der Waals surface area contributed by atoms with Crippen LogP contribution in [0, 0.1) is 17.7 Å². The first-order valence-corrected chi connectivity index (χ1v) is 6.34. The molecule has 1 unspecified atom stereocenters. The summed E-state index contributed by atoms with van der Waals surface area (Å²) in [6.07, 6.45) is 0. The highest BCUT2D eigenvalue weighted by Crippen LogP contribution is 2.18. The van der Waals surface area contributed by atoms with Crippen molar-refractivity contribution in [1.82, 2.24) is 10.6 Å². The molecule has 0 spiro atoms. The minimum absolute atomic E-state index is 0.0351. The SMILES string of the molecule is CC(NC(=O)[C@@H]1CNC[C@H]1C)c1ccc(F)cc1. The first kappa shape index (κ1) is 13.0. The predicted molar refractivity (Wildman–Crippen MR) is 68.5 cm³/mol. The fourth-order valence-electron chi connectivity index (χ4n) is 2.32. The van der Waals surface area contributed by atoms with Crippen molar-refractivity contribution in [2.75, 3.05) is 13.1 Å². The Morgan fingerprint density at radius 1 is 1.39 bits per heavy atom. The Balaban J connectivity index is 1.96. The van der Waals surface area contributed by atoms with Crippen molar-refractivity contribution < 1.29 is 9.18 Å². The number of hydrogen-bond donors (Lipinski definition) is 2. The lowest BCUT2D eigenvalue weighted by Crippen LogP contribution is -2.35. The van der Waals surface area contributed by atoms with Gasteiger partial charge in [0, 0.05) is 6.54 Å². The molecule has 18 heavy (non-hydrogen) atoms. The fourth-order valence-corrected chi connectivity index (χ4v) is 2.32. The van der Waals surface area contributed by atoms with E-state index in [1.54, 1.807) is 12.1 Å². The van der Waals surface area contributed by atoms with Gasteiger partial charge in [-0.25, -0.2) is 4.39 Å². The molecule has 1 aliphatic rings. The molecule has 0 aliphatic carbocycles. The molecule has 2 N–H and O–H groups in total. The topological polar surface area (TPSA) is 41.1 Å². The molecule has 2 rings (SSSR count). The number of carbonyl (C=O) groups is 1. The Labute approximate surface area is 107 Å². The van der Waals surface area contributed by atoms with Crippen LogP contribution in [0.1, 0.15) is 25.5 Å². The van der Waals surface area contributed by atoms with Gasteiger partial charge in [0.2, 0.25) is 5.91 Å². The summed E-state index contributed by atoms with van der Waals surface area (Å²) >= 11 is 0. The van der Waals surface area contributed by atoms with Crippen LogP contribution in [-0.2, 0) is 4.79 Å². The monoisotopic (exact) mass is 250 g/mol. The molecule has 4 heteroatoms. The van der Waals surface area contributed by atoms with Crippen molar-refractivity contribution in [1.29, 1.82) is 0 Å². The Kier molecular flexibility index (Phi) is 3.97. The summed E-state index contributed by atoms with van der Waals surface area (Å²) in [5.74, 6) is 0.216. The van der Waals surface area contributed by atoms with Crippen LogP contribution in [0.25, 0.3) is 0 Å². The Morgan fingerprint density at radius 3 is 2.61 bits per heavy atom. The average molecular weight is 250 g/mol. The molecule has 0 radical (unpaired) electrons. The highest BCUT2D eigenvalue weighted by atomic mass is 19.1. The van der Waals surface area contributed by atoms with Gasteiger partial charge >= 0.3 is 0 Å². The molecule has 1 amide bonds. The highest BCUT2D eigenvalue weighted by Gasteiger charge is 2.30. The zero-order valence-corrected chi connectivity index (χ0v) is 10.7. The van der Waals surface area contributed by atoms with Crippen molar-refractivity contribution in [3.63, 3.8) is 0 Å². The standard InChI is InChI=1S/C14H19FN2O/c1-9-7-16-8-13(9)14(18)17-10(2)11-3-5-12(15)6-4-11/h3-6,9-10,13,16H,7-8H2,1-2H3,(H,17,18)/t9-,10?,13-/m1/s1. The van der Waals surface area contributed by atoms with Crippen molar-refractivity contribution in [3.8, 4) is 0 Å². The number of amides is 1. The predicted octanol–water partition coefficient (Wildman–Crippen LogP) is 1.86. The van der Waals surface area contributed by atoms with Gasteiger partial charge in [-0.15, -0.1) is 0 Å². The van der Waals surface area contributed by atoms with Crippen LogP contribution in [0.2, 0.25) is 0 Å². The van der Waals surface area contributed by atoms with E-state index in [9.17, 15) is 9.18 Å². The largest absolute Gasteiger partial charge is 0.349 e. The van der Waals surface area contributed by atoms with Crippen LogP contribution >= 0.6 is 0 Å².